The summed E-state index contributed by atoms with van der Waals surface area (Å²) in [6, 6.07) is 12.5. The number of nitrogens with two attached hydrogens (primary N) is 1. The Bertz CT molecular complexity index is 672. The van der Waals surface area contributed by atoms with Crippen LogP contribution in [0.25, 0.3) is 0 Å². The Morgan fingerprint density at radius 1 is 0.952 bits per heavy atom. The zero-order valence-electron chi connectivity index (χ0n) is 12.9. The SMILES string of the molecule is Cc1cc(C)cc(COc2ccc(C)cc2C#CCN)c1. The van der Waals surface area contributed by atoms with Crippen molar-refractivity contribution >= 4 is 0 Å². The molecule has 0 aliphatic carbocycles. The minimum absolute atomic E-state index is 0.352. The van der Waals surface area contributed by atoms with E-state index in [1.165, 1.54) is 16.7 Å². The van der Waals surface area contributed by atoms with E-state index in [4.69, 9.17) is 10.5 Å². The standard InChI is InChI=1S/C19H21NO/c1-14-6-7-19(18(12-14)5-4-8-20)21-13-17-10-15(2)9-16(3)11-17/h6-7,9-12H,8,13,20H2,1-3H3. The number of ether oxygens (including phenoxy) is 1. The Hall–Kier alpha value is -2.24. The van der Waals surface area contributed by atoms with Crippen LogP contribution in [0.2, 0.25) is 0 Å². The highest BCUT2D eigenvalue weighted by atomic mass is 16.5. The molecule has 2 aromatic carbocycles. The molecule has 108 valence electrons. The number of benzene rings is 2. The third kappa shape index (κ3) is 4.37. The van der Waals surface area contributed by atoms with Crippen molar-refractivity contribution in [3.63, 3.8) is 0 Å². The van der Waals surface area contributed by atoms with Crippen molar-refractivity contribution in [2.24, 2.45) is 5.73 Å². The van der Waals surface area contributed by atoms with Crippen LogP contribution >= 0.6 is 0 Å². The highest BCUT2D eigenvalue weighted by molar-refractivity contribution is 5.48. The summed E-state index contributed by atoms with van der Waals surface area (Å²) >= 11 is 0. The van der Waals surface area contributed by atoms with Gasteiger partial charge in [-0.05, 0) is 44.0 Å². The van der Waals surface area contributed by atoms with Crippen LogP contribution in [-0.4, -0.2) is 6.54 Å². The highest BCUT2D eigenvalue weighted by Gasteiger charge is 2.03. The van der Waals surface area contributed by atoms with Gasteiger partial charge in [0.25, 0.3) is 0 Å². The zero-order chi connectivity index (χ0) is 15.2. The molecule has 0 unspecified atom stereocenters. The second-order valence-corrected chi connectivity index (χ2v) is 5.29. The normalized spacial score (nSPS) is 9.90. The Kier molecular flexibility index (Phi) is 5.03. The van der Waals surface area contributed by atoms with E-state index in [9.17, 15) is 0 Å². The fraction of sp³-hybridized carbons (Fsp3) is 0.263. The van der Waals surface area contributed by atoms with Crippen molar-refractivity contribution in [3.05, 3.63) is 64.2 Å². The van der Waals surface area contributed by atoms with Gasteiger partial charge in [0.2, 0.25) is 0 Å². The quantitative estimate of drug-likeness (QED) is 0.873. The molecule has 2 rings (SSSR count). The molecule has 0 aliphatic rings. The van der Waals surface area contributed by atoms with Gasteiger partial charge in [-0.3, -0.25) is 0 Å². The average Bonchev–Trinajstić information content (AvgIpc) is 2.43. The fourth-order valence-corrected chi connectivity index (χ4v) is 2.33. The minimum Gasteiger partial charge on any atom is -0.488 e. The largest absolute Gasteiger partial charge is 0.488 e. The Labute approximate surface area is 126 Å². The maximum absolute atomic E-state index is 5.94. The van der Waals surface area contributed by atoms with Crippen LogP contribution in [0.3, 0.4) is 0 Å². The van der Waals surface area contributed by atoms with E-state index in [0.29, 0.717) is 13.2 Å². The lowest BCUT2D eigenvalue weighted by molar-refractivity contribution is 0.305. The molecule has 0 bridgehead atoms. The van der Waals surface area contributed by atoms with Gasteiger partial charge in [0.15, 0.2) is 0 Å². The van der Waals surface area contributed by atoms with Crippen LogP contribution in [0.4, 0.5) is 0 Å². The molecule has 0 aliphatic heterocycles. The minimum atomic E-state index is 0.352. The topological polar surface area (TPSA) is 35.2 Å². The molecule has 0 heterocycles. The lowest BCUT2D eigenvalue weighted by Crippen LogP contribution is -1.99. The van der Waals surface area contributed by atoms with E-state index in [0.717, 1.165) is 16.9 Å². The summed E-state index contributed by atoms with van der Waals surface area (Å²) in [4.78, 5) is 0. The van der Waals surface area contributed by atoms with Crippen LogP contribution in [-0.2, 0) is 6.61 Å². The summed E-state index contributed by atoms with van der Waals surface area (Å²) in [5, 5.41) is 0. The van der Waals surface area contributed by atoms with E-state index in [1.54, 1.807) is 0 Å². The van der Waals surface area contributed by atoms with Crippen molar-refractivity contribution in [3.8, 4) is 17.6 Å². The van der Waals surface area contributed by atoms with Gasteiger partial charge >= 0.3 is 0 Å². The fourth-order valence-electron chi connectivity index (χ4n) is 2.33. The van der Waals surface area contributed by atoms with E-state index in [1.807, 2.05) is 25.1 Å². The van der Waals surface area contributed by atoms with E-state index >= 15 is 0 Å². The van der Waals surface area contributed by atoms with Gasteiger partial charge in [0.05, 0.1) is 12.1 Å². The van der Waals surface area contributed by atoms with E-state index < -0.39 is 0 Å². The van der Waals surface area contributed by atoms with E-state index in [2.05, 4.69) is 43.9 Å². The summed E-state index contributed by atoms with van der Waals surface area (Å²) in [6.07, 6.45) is 0. The maximum Gasteiger partial charge on any atom is 0.135 e. The molecule has 2 nitrogen and oxygen atoms in total. The summed E-state index contributed by atoms with van der Waals surface area (Å²) in [5.41, 5.74) is 11.2. The molecule has 0 spiro atoms. The third-order valence-electron chi connectivity index (χ3n) is 3.14. The number of aryl methyl sites for hydroxylation is 3. The molecular formula is C19H21NO. The molecule has 2 N–H and O–H groups in total. The predicted molar refractivity (Wildman–Crippen MR) is 87.4 cm³/mol. The molecule has 21 heavy (non-hydrogen) atoms. The summed E-state index contributed by atoms with van der Waals surface area (Å²) in [5.74, 6) is 6.77. The lowest BCUT2D eigenvalue weighted by Gasteiger charge is -2.10. The Balaban J connectivity index is 2.19. The van der Waals surface area contributed by atoms with Gasteiger partial charge < -0.3 is 10.5 Å². The molecule has 0 saturated carbocycles. The van der Waals surface area contributed by atoms with Crippen LogP contribution in [0, 0.1) is 32.6 Å². The first-order chi connectivity index (χ1) is 10.1. The third-order valence-corrected chi connectivity index (χ3v) is 3.14. The smallest absolute Gasteiger partial charge is 0.135 e. The van der Waals surface area contributed by atoms with Crippen molar-refractivity contribution < 1.29 is 4.74 Å². The van der Waals surface area contributed by atoms with Gasteiger partial charge in [0.1, 0.15) is 12.4 Å². The lowest BCUT2D eigenvalue weighted by atomic mass is 10.1. The van der Waals surface area contributed by atoms with Gasteiger partial charge in [-0.15, -0.1) is 0 Å². The molecule has 0 aromatic heterocycles. The van der Waals surface area contributed by atoms with Crippen molar-refractivity contribution in [1.29, 1.82) is 0 Å². The maximum atomic E-state index is 5.94. The molecule has 2 aromatic rings. The van der Waals surface area contributed by atoms with E-state index in [-0.39, 0.29) is 0 Å². The first kappa shape index (κ1) is 15.2. The van der Waals surface area contributed by atoms with Crippen LogP contribution < -0.4 is 10.5 Å². The Morgan fingerprint density at radius 2 is 1.67 bits per heavy atom. The molecule has 0 amide bonds. The molecule has 0 saturated heterocycles. The molecule has 2 heteroatoms. The second-order valence-electron chi connectivity index (χ2n) is 5.29. The monoisotopic (exact) mass is 279 g/mol. The molecule has 0 atom stereocenters. The van der Waals surface area contributed by atoms with Crippen LogP contribution in [0.1, 0.15) is 27.8 Å². The van der Waals surface area contributed by atoms with Crippen LogP contribution in [0.5, 0.6) is 5.75 Å². The second kappa shape index (κ2) is 6.97. The van der Waals surface area contributed by atoms with Gasteiger partial charge in [-0.2, -0.15) is 0 Å². The van der Waals surface area contributed by atoms with Gasteiger partial charge in [-0.1, -0.05) is 47.2 Å². The predicted octanol–water partition coefficient (Wildman–Crippen LogP) is 3.50. The summed E-state index contributed by atoms with van der Waals surface area (Å²) in [6.45, 7) is 7.13. The number of rotatable bonds is 3. The molecule has 0 fully saturated rings. The van der Waals surface area contributed by atoms with Crippen molar-refractivity contribution in [1.82, 2.24) is 0 Å². The first-order valence-electron chi connectivity index (χ1n) is 7.08. The van der Waals surface area contributed by atoms with Gasteiger partial charge in [0, 0.05) is 0 Å². The number of hydrogen-bond acceptors (Lipinski definition) is 2. The molecular weight excluding hydrogens is 258 g/mol. The Morgan fingerprint density at radius 3 is 2.33 bits per heavy atom. The van der Waals surface area contributed by atoms with Crippen molar-refractivity contribution in [2.45, 2.75) is 27.4 Å². The number of hydrogen-bond donors (Lipinski definition) is 1. The van der Waals surface area contributed by atoms with Crippen molar-refractivity contribution in [2.75, 3.05) is 6.54 Å². The van der Waals surface area contributed by atoms with Gasteiger partial charge in [-0.25, -0.2) is 0 Å². The van der Waals surface area contributed by atoms with Crippen LogP contribution in [0.15, 0.2) is 36.4 Å². The highest BCUT2D eigenvalue weighted by Crippen LogP contribution is 2.21. The average molecular weight is 279 g/mol. The first-order valence-corrected chi connectivity index (χ1v) is 7.08. The summed E-state index contributed by atoms with van der Waals surface area (Å²) < 4.78 is 5.94. The molecule has 0 radical (unpaired) electrons. The summed E-state index contributed by atoms with van der Waals surface area (Å²) in [7, 11) is 0. The zero-order valence-corrected chi connectivity index (χ0v) is 12.9.